The predicted molar refractivity (Wildman–Crippen MR) is 94.4 cm³/mol. The third kappa shape index (κ3) is 3.31. The second kappa shape index (κ2) is 7.05. The quantitative estimate of drug-likeness (QED) is 0.902. The van der Waals surface area contributed by atoms with Crippen LogP contribution in [0, 0.1) is 0 Å². The van der Waals surface area contributed by atoms with Crippen molar-refractivity contribution >= 4 is 22.4 Å². The number of rotatable bonds is 4. The lowest BCUT2D eigenvalue weighted by molar-refractivity contribution is 0.0511. The van der Waals surface area contributed by atoms with Gasteiger partial charge in [-0.3, -0.25) is 4.90 Å². The number of piperazine rings is 1. The number of aliphatic hydroxyl groups excluding tert-OH is 1. The van der Waals surface area contributed by atoms with E-state index in [1.165, 1.54) is 0 Å². The third-order valence-corrected chi connectivity index (χ3v) is 5.08. The predicted octanol–water partition coefficient (Wildman–Crippen LogP) is 2.83. The molecular formula is C18H23ClN2O2. The van der Waals surface area contributed by atoms with E-state index in [9.17, 15) is 5.11 Å². The van der Waals surface area contributed by atoms with Crippen LogP contribution >= 0.6 is 11.6 Å². The molecule has 0 saturated carbocycles. The zero-order valence-corrected chi connectivity index (χ0v) is 14.3. The normalized spacial score (nSPS) is 18.8. The third-order valence-electron chi connectivity index (χ3n) is 4.69. The van der Waals surface area contributed by atoms with Crippen molar-refractivity contribution in [1.82, 2.24) is 10.2 Å². The van der Waals surface area contributed by atoms with Crippen LogP contribution in [0.4, 0.5) is 0 Å². The first-order valence-electron chi connectivity index (χ1n) is 8.01. The van der Waals surface area contributed by atoms with Gasteiger partial charge in [-0.15, -0.1) is 0 Å². The molecule has 2 N–H and O–H groups in total. The molecule has 0 aliphatic carbocycles. The highest BCUT2D eigenvalue weighted by atomic mass is 35.5. The lowest BCUT2D eigenvalue weighted by Crippen LogP contribution is -2.49. The van der Waals surface area contributed by atoms with Crippen LogP contribution in [0.1, 0.15) is 18.6 Å². The van der Waals surface area contributed by atoms with Crippen molar-refractivity contribution in [2.24, 2.45) is 0 Å². The Labute approximate surface area is 142 Å². The van der Waals surface area contributed by atoms with Gasteiger partial charge in [-0.05, 0) is 30.0 Å². The summed E-state index contributed by atoms with van der Waals surface area (Å²) in [5.41, 5.74) is 0.921. The van der Waals surface area contributed by atoms with E-state index in [0.717, 1.165) is 42.5 Å². The molecule has 0 spiro atoms. The van der Waals surface area contributed by atoms with Crippen LogP contribution in [0.3, 0.4) is 0 Å². The minimum atomic E-state index is -0.515. The molecule has 0 bridgehead atoms. The second-order valence-corrected chi connectivity index (χ2v) is 6.41. The molecule has 0 radical (unpaired) electrons. The van der Waals surface area contributed by atoms with E-state index in [0.29, 0.717) is 10.8 Å². The lowest BCUT2D eigenvalue weighted by atomic mass is 9.98. The molecule has 124 valence electrons. The number of hydrogen-bond donors (Lipinski definition) is 2. The number of hydrogen-bond acceptors (Lipinski definition) is 4. The first kappa shape index (κ1) is 16.5. The summed E-state index contributed by atoms with van der Waals surface area (Å²) < 4.78 is 5.25. The number of nitrogens with zero attached hydrogens (tertiary/aromatic N) is 1. The fourth-order valence-electron chi connectivity index (χ4n) is 3.20. The van der Waals surface area contributed by atoms with E-state index in [1.807, 2.05) is 30.3 Å². The van der Waals surface area contributed by atoms with Crippen LogP contribution in [-0.4, -0.2) is 49.3 Å². The van der Waals surface area contributed by atoms with Gasteiger partial charge in [0.2, 0.25) is 0 Å². The number of aliphatic hydroxyl groups is 1. The fraction of sp³-hybridized carbons (Fsp3) is 0.444. The average Bonchev–Trinajstić information content (AvgIpc) is 2.61. The highest BCUT2D eigenvalue weighted by Gasteiger charge is 2.24. The monoisotopic (exact) mass is 334 g/mol. The highest BCUT2D eigenvalue weighted by Crippen LogP contribution is 2.34. The smallest absolute Gasteiger partial charge is 0.138 e. The van der Waals surface area contributed by atoms with Gasteiger partial charge in [-0.25, -0.2) is 0 Å². The van der Waals surface area contributed by atoms with Crippen molar-refractivity contribution in [3.63, 3.8) is 0 Å². The minimum absolute atomic E-state index is 0.0864. The summed E-state index contributed by atoms with van der Waals surface area (Å²) in [5, 5.41) is 16.7. The van der Waals surface area contributed by atoms with Crippen LogP contribution in [0.15, 0.2) is 30.3 Å². The Kier molecular flexibility index (Phi) is 5.07. The van der Waals surface area contributed by atoms with Gasteiger partial charge in [-0.2, -0.15) is 0 Å². The van der Waals surface area contributed by atoms with Crippen LogP contribution < -0.4 is 10.1 Å². The zero-order chi connectivity index (χ0) is 16.4. The summed E-state index contributed by atoms with van der Waals surface area (Å²) in [4.78, 5) is 2.33. The van der Waals surface area contributed by atoms with Crippen molar-refractivity contribution in [3.8, 4) is 5.75 Å². The van der Waals surface area contributed by atoms with E-state index in [1.54, 1.807) is 7.11 Å². The van der Waals surface area contributed by atoms with Crippen molar-refractivity contribution < 1.29 is 9.84 Å². The number of fused-ring (bicyclic) bond motifs is 1. The molecule has 2 aromatic carbocycles. The Morgan fingerprint density at radius 3 is 2.65 bits per heavy atom. The molecule has 3 rings (SSSR count). The summed E-state index contributed by atoms with van der Waals surface area (Å²) >= 11 is 6.36. The van der Waals surface area contributed by atoms with Crippen LogP contribution in [0.5, 0.6) is 5.75 Å². The largest absolute Gasteiger partial charge is 0.495 e. The van der Waals surface area contributed by atoms with E-state index < -0.39 is 6.10 Å². The van der Waals surface area contributed by atoms with Crippen molar-refractivity contribution in [1.29, 1.82) is 0 Å². The van der Waals surface area contributed by atoms with Crippen molar-refractivity contribution in [3.05, 3.63) is 40.9 Å². The molecule has 1 aliphatic heterocycles. The maximum Gasteiger partial charge on any atom is 0.138 e. The number of ether oxygens (including phenoxy) is 1. The molecule has 0 aromatic heterocycles. The molecule has 1 heterocycles. The van der Waals surface area contributed by atoms with Crippen LogP contribution in [0.2, 0.25) is 5.02 Å². The van der Waals surface area contributed by atoms with Gasteiger partial charge >= 0.3 is 0 Å². The van der Waals surface area contributed by atoms with Gasteiger partial charge in [0.1, 0.15) is 5.75 Å². The van der Waals surface area contributed by atoms with E-state index in [2.05, 4.69) is 17.1 Å². The van der Waals surface area contributed by atoms with E-state index in [4.69, 9.17) is 16.3 Å². The van der Waals surface area contributed by atoms with Gasteiger partial charge in [-0.1, -0.05) is 29.8 Å². The summed E-state index contributed by atoms with van der Waals surface area (Å²) in [7, 11) is 1.61. The molecular weight excluding hydrogens is 312 g/mol. The molecule has 2 atom stereocenters. The zero-order valence-electron chi connectivity index (χ0n) is 13.6. The highest BCUT2D eigenvalue weighted by molar-refractivity contribution is 6.37. The number of halogens is 1. The maximum absolute atomic E-state index is 10.8. The first-order chi connectivity index (χ1) is 11.1. The van der Waals surface area contributed by atoms with Crippen molar-refractivity contribution in [2.45, 2.75) is 19.1 Å². The lowest BCUT2D eigenvalue weighted by Gasteiger charge is -2.35. The Morgan fingerprint density at radius 2 is 1.96 bits per heavy atom. The molecule has 2 aromatic rings. The number of methoxy groups -OCH3 is 1. The maximum atomic E-state index is 10.8. The molecule has 23 heavy (non-hydrogen) atoms. The minimum Gasteiger partial charge on any atom is -0.495 e. The number of nitrogens with one attached hydrogen (secondary N) is 1. The number of benzene rings is 2. The average molecular weight is 335 g/mol. The van der Waals surface area contributed by atoms with Gasteiger partial charge in [0.05, 0.1) is 18.2 Å². The molecule has 1 fully saturated rings. The van der Waals surface area contributed by atoms with Crippen molar-refractivity contribution in [2.75, 3.05) is 33.3 Å². The Balaban J connectivity index is 1.87. The van der Waals surface area contributed by atoms with E-state index >= 15 is 0 Å². The SMILES string of the molecule is COc1ccc2cc(C(O)C(C)N3CCNCC3)ccc2c1Cl. The van der Waals surface area contributed by atoms with E-state index in [-0.39, 0.29) is 6.04 Å². The molecule has 4 nitrogen and oxygen atoms in total. The molecule has 1 aliphatic rings. The Bertz CT molecular complexity index is 686. The second-order valence-electron chi connectivity index (χ2n) is 6.03. The van der Waals surface area contributed by atoms with Gasteiger partial charge in [0, 0.05) is 37.6 Å². The molecule has 0 amide bonds. The summed E-state index contributed by atoms with van der Waals surface area (Å²) in [5.74, 6) is 0.668. The topological polar surface area (TPSA) is 44.7 Å². The van der Waals surface area contributed by atoms with Gasteiger partial charge < -0.3 is 15.2 Å². The molecule has 1 saturated heterocycles. The molecule has 2 unspecified atom stereocenters. The van der Waals surface area contributed by atoms with Gasteiger partial charge in [0.25, 0.3) is 0 Å². The Hall–Kier alpha value is -1.33. The van der Waals surface area contributed by atoms with Crippen LogP contribution in [0.25, 0.3) is 10.8 Å². The molecule has 5 heteroatoms. The summed E-state index contributed by atoms with van der Waals surface area (Å²) in [6.07, 6.45) is -0.515. The van der Waals surface area contributed by atoms with Gasteiger partial charge in [0.15, 0.2) is 0 Å². The first-order valence-corrected chi connectivity index (χ1v) is 8.38. The van der Waals surface area contributed by atoms with Crippen LogP contribution in [-0.2, 0) is 0 Å². The fourth-order valence-corrected chi connectivity index (χ4v) is 3.51. The standard InChI is InChI=1S/C18H23ClN2O2/c1-12(21-9-7-20-8-10-21)18(22)14-3-5-15-13(11-14)4-6-16(23-2)17(15)19/h3-6,11-12,18,20,22H,7-10H2,1-2H3. The Morgan fingerprint density at radius 1 is 1.22 bits per heavy atom. The summed E-state index contributed by atoms with van der Waals surface area (Å²) in [6, 6.07) is 9.86. The summed E-state index contributed by atoms with van der Waals surface area (Å²) in [6.45, 7) is 5.97.